The minimum absolute atomic E-state index is 0.0670. The molecule has 0 unspecified atom stereocenters. The minimum atomic E-state index is -5.93. The van der Waals surface area contributed by atoms with Crippen LogP contribution < -0.4 is 0 Å². The van der Waals surface area contributed by atoms with Crippen molar-refractivity contribution in [1.29, 1.82) is 0 Å². The van der Waals surface area contributed by atoms with Gasteiger partial charge in [-0.2, -0.15) is 52.7 Å². The predicted molar refractivity (Wildman–Crippen MR) is 144 cm³/mol. The molecule has 0 spiro atoms. The smallest absolute Gasteiger partial charge is 0.169 e. The van der Waals surface area contributed by atoms with Crippen molar-refractivity contribution in [2.75, 3.05) is 0 Å². The molecule has 4 aromatic rings. The quantitative estimate of drug-likeness (QED) is 0.170. The van der Waals surface area contributed by atoms with Gasteiger partial charge >= 0.3 is 24.7 Å². The minimum Gasteiger partial charge on any atom is -0.169 e. The van der Waals surface area contributed by atoms with Crippen LogP contribution in [-0.2, 0) is 10.8 Å². The lowest BCUT2D eigenvalue weighted by molar-refractivity contribution is -0.288. The zero-order chi connectivity index (χ0) is 32.4. The van der Waals surface area contributed by atoms with Gasteiger partial charge in [-0.15, -0.1) is 0 Å². The van der Waals surface area contributed by atoms with Crippen LogP contribution >= 0.6 is 31.9 Å². The molecule has 0 bridgehead atoms. The third-order valence-electron chi connectivity index (χ3n) is 8.23. The predicted octanol–water partition coefficient (Wildman–Crippen LogP) is 11.7. The van der Waals surface area contributed by atoms with E-state index in [9.17, 15) is 52.7 Å². The Bertz CT molecular complexity index is 1680. The third kappa shape index (κ3) is 3.85. The summed E-state index contributed by atoms with van der Waals surface area (Å²) in [7, 11) is 0. The fraction of sp³-hybridized carbons (Fsp3) is 0.200. The Balaban J connectivity index is 1.65. The molecule has 0 radical (unpaired) electrons. The Labute approximate surface area is 257 Å². The SMILES string of the molecule is FC(F)(F)C1(C(F)(F)F)c2cc(Br)ccc2-c2ccc(-c3ccc4c(c3)C(C(F)(F)F)(C(F)(F)F)c3cc(Br)ccc3-4)cc21. The number of halogens is 14. The summed E-state index contributed by atoms with van der Waals surface area (Å²) in [5.41, 5.74) is -16.2. The van der Waals surface area contributed by atoms with Crippen LogP contribution in [0.15, 0.2) is 81.7 Å². The lowest BCUT2D eigenvalue weighted by Crippen LogP contribution is -2.53. The van der Waals surface area contributed by atoms with Crippen molar-refractivity contribution < 1.29 is 52.7 Å². The Hall–Kier alpha value is -3.00. The number of benzene rings is 4. The highest BCUT2D eigenvalue weighted by Crippen LogP contribution is 2.66. The van der Waals surface area contributed by atoms with E-state index in [0.717, 1.165) is 36.4 Å². The first-order valence-corrected chi connectivity index (χ1v) is 13.9. The normalized spacial score (nSPS) is 16.8. The first-order valence-electron chi connectivity index (χ1n) is 12.3. The molecule has 2 aliphatic rings. The van der Waals surface area contributed by atoms with E-state index in [0.29, 0.717) is 24.3 Å². The summed E-state index contributed by atoms with van der Waals surface area (Å²) in [5.74, 6) is 0. The topological polar surface area (TPSA) is 0 Å². The Morgan fingerprint density at radius 2 is 0.614 bits per heavy atom. The molecule has 0 aromatic heterocycles. The molecule has 2 aliphatic carbocycles. The molecule has 14 heteroatoms. The van der Waals surface area contributed by atoms with Crippen molar-refractivity contribution >= 4 is 31.9 Å². The molecule has 0 N–H and O–H groups in total. The van der Waals surface area contributed by atoms with Crippen molar-refractivity contribution in [1.82, 2.24) is 0 Å². The highest BCUT2D eigenvalue weighted by Gasteiger charge is 2.76. The molecule has 0 heterocycles. The number of hydrogen-bond acceptors (Lipinski definition) is 0. The maximum absolute atomic E-state index is 14.7. The maximum Gasteiger partial charge on any atom is 0.411 e. The van der Waals surface area contributed by atoms with Gasteiger partial charge in [0, 0.05) is 8.95 Å². The molecule has 4 aromatic carbocycles. The molecule has 0 atom stereocenters. The summed E-state index contributed by atoms with van der Waals surface area (Å²) in [6.07, 6.45) is -23.7. The molecule has 0 saturated carbocycles. The molecule has 44 heavy (non-hydrogen) atoms. The van der Waals surface area contributed by atoms with Crippen molar-refractivity contribution in [3.63, 3.8) is 0 Å². The van der Waals surface area contributed by atoms with Gasteiger partial charge in [-0.25, -0.2) is 0 Å². The molecule has 0 amide bonds. The van der Waals surface area contributed by atoms with Gasteiger partial charge in [-0.05, 0) is 92.0 Å². The van der Waals surface area contributed by atoms with Gasteiger partial charge in [0.2, 0.25) is 10.8 Å². The molecule has 6 rings (SSSR count). The second-order valence-corrected chi connectivity index (χ2v) is 12.2. The maximum atomic E-state index is 14.7. The van der Waals surface area contributed by atoms with Crippen molar-refractivity contribution in [2.45, 2.75) is 35.5 Å². The number of hydrogen-bond donors (Lipinski definition) is 0. The summed E-state index contributed by atoms with van der Waals surface area (Å²) in [5, 5.41) is 0. The fourth-order valence-electron chi connectivity index (χ4n) is 6.49. The first-order chi connectivity index (χ1) is 20.2. The lowest BCUT2D eigenvalue weighted by Gasteiger charge is -2.36. The Morgan fingerprint density at radius 1 is 0.364 bits per heavy atom. The van der Waals surface area contributed by atoms with E-state index in [1.165, 1.54) is 12.1 Å². The molecule has 0 aliphatic heterocycles. The van der Waals surface area contributed by atoms with Crippen LogP contribution in [0.5, 0.6) is 0 Å². The largest absolute Gasteiger partial charge is 0.411 e. The summed E-state index contributed by atoms with van der Waals surface area (Å²) in [6.45, 7) is 0. The van der Waals surface area contributed by atoms with E-state index in [1.807, 2.05) is 0 Å². The van der Waals surface area contributed by atoms with Crippen LogP contribution in [0.1, 0.15) is 22.3 Å². The van der Waals surface area contributed by atoms with Gasteiger partial charge < -0.3 is 0 Å². The van der Waals surface area contributed by atoms with Crippen molar-refractivity contribution in [3.05, 3.63) is 104 Å². The van der Waals surface area contributed by atoms with Gasteiger partial charge in [0.05, 0.1) is 0 Å². The fourth-order valence-corrected chi connectivity index (χ4v) is 7.22. The number of alkyl halides is 12. The summed E-state index contributed by atoms with van der Waals surface area (Å²) in [6, 6.07) is 11.2. The summed E-state index contributed by atoms with van der Waals surface area (Å²) in [4.78, 5) is 0. The molecular weight excluding hydrogens is 748 g/mol. The van der Waals surface area contributed by atoms with Gasteiger partial charge in [-0.3, -0.25) is 0 Å². The standard InChI is InChI=1S/C30H12Br2F12/c31-15-3-7-19-17-5-1-13(9-21(17)25(23(19)11-15,27(33,34)35)28(36,37)38)14-2-6-18-20-8-4-16(32)12-24(20)26(22(18)10-14,29(39,40)41)30(42,43)44/h1-12H. The Morgan fingerprint density at radius 3 is 0.886 bits per heavy atom. The van der Waals surface area contributed by atoms with Gasteiger partial charge in [0.1, 0.15) is 0 Å². The van der Waals surface area contributed by atoms with Crippen LogP contribution in [-0.4, -0.2) is 24.7 Å². The second kappa shape index (κ2) is 9.27. The van der Waals surface area contributed by atoms with E-state index >= 15 is 0 Å². The average molecular weight is 760 g/mol. The van der Waals surface area contributed by atoms with Crippen molar-refractivity contribution in [3.8, 4) is 33.4 Å². The highest BCUT2D eigenvalue weighted by molar-refractivity contribution is 9.10. The zero-order valence-corrected chi connectivity index (χ0v) is 24.4. The lowest BCUT2D eigenvalue weighted by atomic mass is 9.75. The average Bonchev–Trinajstić information content (AvgIpc) is 3.34. The monoisotopic (exact) mass is 758 g/mol. The molecule has 0 fully saturated rings. The van der Waals surface area contributed by atoms with E-state index in [4.69, 9.17) is 0 Å². The summed E-state index contributed by atoms with van der Waals surface area (Å²) >= 11 is 5.82. The van der Waals surface area contributed by atoms with E-state index in [-0.39, 0.29) is 20.1 Å². The van der Waals surface area contributed by atoms with Crippen LogP contribution in [0.3, 0.4) is 0 Å². The molecular formula is C30H12Br2F12. The van der Waals surface area contributed by atoms with Crippen LogP contribution in [0.2, 0.25) is 0 Å². The van der Waals surface area contributed by atoms with Gasteiger partial charge in [0.25, 0.3) is 0 Å². The van der Waals surface area contributed by atoms with E-state index in [1.54, 1.807) is 0 Å². The van der Waals surface area contributed by atoms with Crippen LogP contribution in [0.4, 0.5) is 52.7 Å². The Kier molecular flexibility index (Phi) is 6.53. The van der Waals surface area contributed by atoms with E-state index in [2.05, 4.69) is 31.9 Å². The first kappa shape index (κ1) is 31.0. The molecule has 0 saturated heterocycles. The van der Waals surface area contributed by atoms with E-state index < -0.39 is 80.0 Å². The highest BCUT2D eigenvalue weighted by atomic mass is 79.9. The van der Waals surface area contributed by atoms with Crippen LogP contribution in [0, 0.1) is 0 Å². The van der Waals surface area contributed by atoms with Gasteiger partial charge in [0.15, 0.2) is 0 Å². The van der Waals surface area contributed by atoms with Gasteiger partial charge in [-0.1, -0.05) is 68.3 Å². The second-order valence-electron chi connectivity index (χ2n) is 10.4. The number of fused-ring (bicyclic) bond motifs is 6. The zero-order valence-electron chi connectivity index (χ0n) is 21.2. The number of rotatable bonds is 1. The van der Waals surface area contributed by atoms with Crippen molar-refractivity contribution in [2.24, 2.45) is 0 Å². The third-order valence-corrected chi connectivity index (χ3v) is 9.22. The molecule has 0 nitrogen and oxygen atoms in total. The summed E-state index contributed by atoms with van der Waals surface area (Å²) < 4.78 is 176. The molecule has 230 valence electrons. The van der Waals surface area contributed by atoms with Crippen LogP contribution in [0.25, 0.3) is 33.4 Å².